The van der Waals surface area contributed by atoms with E-state index in [9.17, 15) is 8.78 Å². The van der Waals surface area contributed by atoms with Crippen molar-refractivity contribution in [1.82, 2.24) is 9.97 Å². The summed E-state index contributed by atoms with van der Waals surface area (Å²) in [4.78, 5) is 11.8. The van der Waals surface area contributed by atoms with Crippen LogP contribution in [0, 0.1) is 16.4 Å². The van der Waals surface area contributed by atoms with Gasteiger partial charge in [-0.25, -0.2) is 18.8 Å². The lowest BCUT2D eigenvalue weighted by Crippen LogP contribution is -2.34. The fourth-order valence-corrected chi connectivity index (χ4v) is 2.92. The van der Waals surface area contributed by atoms with Crippen molar-refractivity contribution in [2.45, 2.75) is 0 Å². The van der Waals surface area contributed by atoms with Crippen LogP contribution in [-0.4, -0.2) is 9.97 Å². The molecule has 4 nitrogen and oxygen atoms in total. The van der Waals surface area contributed by atoms with Gasteiger partial charge in [0.25, 0.3) is 0 Å². The number of aromatic amines is 1. The first-order chi connectivity index (χ1) is 12.5. The van der Waals surface area contributed by atoms with Gasteiger partial charge in [-0.3, -0.25) is 0 Å². The summed E-state index contributed by atoms with van der Waals surface area (Å²) in [5.41, 5.74) is 2.61. The van der Waals surface area contributed by atoms with Gasteiger partial charge in [0.05, 0.1) is 16.7 Å². The number of hydrogen-bond acceptors (Lipinski definition) is 4. The number of benzene rings is 2. The molecular formula is C19H12F2N4S. The zero-order valence-corrected chi connectivity index (χ0v) is 14.2. The highest BCUT2D eigenvalue weighted by Gasteiger charge is 2.18. The van der Waals surface area contributed by atoms with Crippen LogP contribution in [-0.2, 0) is 0 Å². The zero-order chi connectivity index (χ0) is 18.3. The molecule has 128 valence electrons. The lowest BCUT2D eigenvalue weighted by molar-refractivity contribution is 0.627. The van der Waals surface area contributed by atoms with Gasteiger partial charge in [-0.1, -0.05) is 6.58 Å². The third-order valence-electron chi connectivity index (χ3n) is 3.94. The number of nitrogens with zero attached hydrogens (tertiary/aromatic N) is 2. The van der Waals surface area contributed by atoms with Crippen molar-refractivity contribution in [3.8, 4) is 0 Å². The van der Waals surface area contributed by atoms with Crippen LogP contribution in [0.4, 0.5) is 14.6 Å². The van der Waals surface area contributed by atoms with E-state index in [4.69, 9.17) is 12.2 Å². The third-order valence-corrected chi connectivity index (χ3v) is 4.13. The number of nitrogens with one attached hydrogen (secondary N) is 2. The van der Waals surface area contributed by atoms with Crippen LogP contribution < -0.4 is 16.0 Å². The second-order valence-electron chi connectivity index (χ2n) is 5.69. The molecule has 0 aliphatic carbocycles. The summed E-state index contributed by atoms with van der Waals surface area (Å²) in [5.74, 6) is -0.221. The first-order valence-corrected chi connectivity index (χ1v) is 8.13. The fraction of sp³-hybridized carbons (Fsp3) is 0. The van der Waals surface area contributed by atoms with E-state index < -0.39 is 0 Å². The predicted molar refractivity (Wildman–Crippen MR) is 99.0 cm³/mol. The van der Waals surface area contributed by atoms with E-state index in [1.807, 2.05) is 0 Å². The van der Waals surface area contributed by atoms with Crippen molar-refractivity contribution in [3.05, 3.63) is 86.8 Å². The maximum absolute atomic E-state index is 13.3. The molecule has 0 amide bonds. The minimum absolute atomic E-state index is 0.278. The monoisotopic (exact) mass is 366 g/mol. The highest BCUT2D eigenvalue weighted by molar-refractivity contribution is 7.71. The van der Waals surface area contributed by atoms with E-state index in [1.54, 1.807) is 24.3 Å². The molecule has 1 aromatic heterocycles. The minimum atomic E-state index is -0.342. The molecule has 7 heteroatoms. The van der Waals surface area contributed by atoms with Crippen molar-refractivity contribution in [2.75, 3.05) is 5.32 Å². The molecule has 2 aromatic carbocycles. The maximum atomic E-state index is 13.3. The Morgan fingerprint density at radius 1 is 0.885 bits per heavy atom. The number of hydrogen-bond donors (Lipinski definition) is 2. The predicted octanol–water partition coefficient (Wildman–Crippen LogP) is 3.40. The molecule has 1 aliphatic rings. The molecular weight excluding hydrogens is 354 g/mol. The highest BCUT2D eigenvalue weighted by atomic mass is 32.1. The Kier molecular flexibility index (Phi) is 3.93. The Hall–Kier alpha value is -3.19. The van der Waals surface area contributed by atoms with Crippen molar-refractivity contribution in [1.29, 1.82) is 0 Å². The molecule has 1 aliphatic heterocycles. The average molecular weight is 366 g/mol. The summed E-state index contributed by atoms with van der Waals surface area (Å²) in [6, 6.07) is 12.0. The van der Waals surface area contributed by atoms with Gasteiger partial charge in [-0.05, 0) is 60.7 Å². The van der Waals surface area contributed by atoms with Gasteiger partial charge >= 0.3 is 0 Å². The first kappa shape index (κ1) is 16.3. The third kappa shape index (κ3) is 2.93. The van der Waals surface area contributed by atoms with Gasteiger partial charge in [0.1, 0.15) is 17.0 Å². The normalized spacial score (nSPS) is 13.0. The van der Waals surface area contributed by atoms with Crippen LogP contribution in [0.3, 0.4) is 0 Å². The minimum Gasteiger partial charge on any atom is -0.336 e. The molecule has 4 rings (SSSR count). The van der Waals surface area contributed by atoms with Gasteiger partial charge < -0.3 is 10.3 Å². The standard InChI is InChI=1S/C19H12F2N4S/c1-10-15-18(25-19(26)22-10)24-17(12-4-8-14(21)9-5-12)16(23-15)11-2-6-13(20)7-3-11/h2-9H,1H2,(H2,22,24,25,26). The van der Waals surface area contributed by atoms with E-state index in [2.05, 4.69) is 26.9 Å². The van der Waals surface area contributed by atoms with Gasteiger partial charge in [-0.2, -0.15) is 0 Å². The van der Waals surface area contributed by atoms with E-state index >= 15 is 0 Å². The summed E-state index contributed by atoms with van der Waals surface area (Å²) < 4.78 is 26.9. The number of fused-ring (bicyclic) bond motifs is 1. The van der Waals surface area contributed by atoms with E-state index in [-0.39, 0.29) is 16.4 Å². The Morgan fingerprint density at radius 2 is 1.46 bits per heavy atom. The number of rotatable bonds is 2. The molecule has 0 spiro atoms. The van der Waals surface area contributed by atoms with E-state index in [0.717, 1.165) is 0 Å². The Balaban J connectivity index is 2.01. The lowest BCUT2D eigenvalue weighted by atomic mass is 10.0. The molecule has 2 N–H and O–H groups in total. The Bertz CT molecular complexity index is 1200. The topological polar surface area (TPSA) is 53.1 Å². The molecule has 0 unspecified atom stereocenters. The van der Waals surface area contributed by atoms with Crippen LogP contribution in [0.2, 0.25) is 0 Å². The van der Waals surface area contributed by atoms with Crippen LogP contribution in [0.5, 0.6) is 0 Å². The van der Waals surface area contributed by atoms with Crippen LogP contribution in [0.1, 0.15) is 11.1 Å². The Morgan fingerprint density at radius 3 is 2.08 bits per heavy atom. The fourth-order valence-electron chi connectivity index (χ4n) is 2.71. The Labute approximate surface area is 152 Å². The molecule has 2 heterocycles. The van der Waals surface area contributed by atoms with Crippen molar-refractivity contribution in [3.63, 3.8) is 0 Å². The van der Waals surface area contributed by atoms with Crippen molar-refractivity contribution < 1.29 is 8.78 Å². The van der Waals surface area contributed by atoms with Crippen molar-refractivity contribution in [2.24, 2.45) is 4.99 Å². The van der Waals surface area contributed by atoms with Crippen LogP contribution in [0.15, 0.2) is 53.5 Å². The SMILES string of the molecule is C=c1[nH]c(=S)nc2c1=NC(c1ccc(F)cc1)=C(c1ccc(F)cc1)N2. The van der Waals surface area contributed by atoms with Gasteiger partial charge in [0, 0.05) is 11.1 Å². The number of halogens is 2. The van der Waals surface area contributed by atoms with Crippen LogP contribution >= 0.6 is 12.2 Å². The van der Waals surface area contributed by atoms with Gasteiger partial charge in [0.2, 0.25) is 0 Å². The molecule has 0 saturated heterocycles. The first-order valence-electron chi connectivity index (χ1n) is 7.72. The molecule has 0 atom stereocenters. The van der Waals surface area contributed by atoms with Gasteiger partial charge in [-0.15, -0.1) is 0 Å². The quantitative estimate of drug-likeness (QED) is 0.684. The number of H-pyrrole nitrogens is 1. The van der Waals surface area contributed by atoms with E-state index in [0.29, 0.717) is 39.0 Å². The lowest BCUT2D eigenvalue weighted by Gasteiger charge is -2.19. The molecule has 0 bridgehead atoms. The second-order valence-corrected chi connectivity index (χ2v) is 6.08. The van der Waals surface area contributed by atoms with Crippen molar-refractivity contribution >= 4 is 36.0 Å². The molecule has 3 aromatic rings. The number of aromatic nitrogens is 2. The second kappa shape index (κ2) is 6.27. The summed E-state index contributed by atoms with van der Waals surface area (Å²) in [5, 5.41) is 4.25. The zero-order valence-electron chi connectivity index (χ0n) is 13.4. The molecule has 0 radical (unpaired) electrons. The summed E-state index contributed by atoms with van der Waals surface area (Å²) in [7, 11) is 0. The molecule has 0 saturated carbocycles. The summed E-state index contributed by atoms with van der Waals surface area (Å²) in [6.07, 6.45) is 0. The molecule has 26 heavy (non-hydrogen) atoms. The van der Waals surface area contributed by atoms with Gasteiger partial charge in [0.15, 0.2) is 10.6 Å². The summed E-state index contributed by atoms with van der Waals surface area (Å²) in [6.45, 7) is 3.92. The smallest absolute Gasteiger partial charge is 0.199 e. The van der Waals surface area contributed by atoms with E-state index in [1.165, 1.54) is 24.3 Å². The van der Waals surface area contributed by atoms with Crippen LogP contribution in [0.25, 0.3) is 18.0 Å². The average Bonchev–Trinajstić information content (AvgIpc) is 2.62. The molecule has 0 fully saturated rings. The summed E-state index contributed by atoms with van der Waals surface area (Å²) >= 11 is 5.10. The number of anilines is 1. The largest absolute Gasteiger partial charge is 0.336 e. The highest BCUT2D eigenvalue weighted by Crippen LogP contribution is 2.30. The maximum Gasteiger partial charge on any atom is 0.199 e.